The van der Waals surface area contributed by atoms with Gasteiger partial charge in [-0.15, -0.1) is 0 Å². The van der Waals surface area contributed by atoms with Crippen LogP contribution in [-0.4, -0.2) is 40.7 Å². The molecule has 2 N–H and O–H groups in total. The number of nitrogens with zero attached hydrogens (tertiary/aromatic N) is 2. The Balaban J connectivity index is 1.95. The minimum absolute atomic E-state index is 0.156. The Hall–Kier alpha value is -1.13. The van der Waals surface area contributed by atoms with E-state index in [0.29, 0.717) is 0 Å². The van der Waals surface area contributed by atoms with Gasteiger partial charge >= 0.3 is 0 Å². The third-order valence-electron chi connectivity index (χ3n) is 2.80. The Morgan fingerprint density at radius 2 is 2.44 bits per heavy atom. The van der Waals surface area contributed by atoms with Crippen LogP contribution in [0.25, 0.3) is 0 Å². The highest BCUT2D eigenvalue weighted by Crippen LogP contribution is 2.13. The molecule has 0 aliphatic carbocycles. The van der Waals surface area contributed by atoms with E-state index < -0.39 is 0 Å². The van der Waals surface area contributed by atoms with Crippen molar-refractivity contribution in [1.29, 1.82) is 0 Å². The van der Waals surface area contributed by atoms with Crippen molar-refractivity contribution >= 4 is 5.82 Å². The molecular weight excluding hydrogens is 202 g/mol. The molecule has 4 heteroatoms. The van der Waals surface area contributed by atoms with Gasteiger partial charge in [0.25, 0.3) is 0 Å². The normalized spacial score (nSPS) is 21.2. The molecule has 1 saturated heterocycles. The highest BCUT2D eigenvalue weighted by Gasteiger charge is 2.20. The number of aliphatic hydroxyl groups is 1. The highest BCUT2D eigenvalue weighted by atomic mass is 16.3. The molecule has 2 heterocycles. The van der Waals surface area contributed by atoms with Gasteiger partial charge < -0.3 is 10.4 Å². The number of nitrogens with one attached hydrogen (secondary N) is 1. The van der Waals surface area contributed by atoms with E-state index in [2.05, 4.69) is 22.1 Å². The van der Waals surface area contributed by atoms with Crippen LogP contribution in [0.15, 0.2) is 18.2 Å². The van der Waals surface area contributed by atoms with E-state index in [1.165, 1.54) is 0 Å². The molecule has 1 unspecified atom stereocenters. The second-order valence-electron chi connectivity index (χ2n) is 4.22. The summed E-state index contributed by atoms with van der Waals surface area (Å²) in [5.41, 5.74) is 1.06. The number of hydrogen-bond acceptors (Lipinski definition) is 4. The van der Waals surface area contributed by atoms with Crippen LogP contribution in [-0.2, 0) is 6.54 Å². The predicted octanol–water partition coefficient (Wildman–Crippen LogP) is 1.08. The first-order chi connectivity index (χ1) is 7.78. The molecule has 2 rings (SSSR count). The maximum Gasteiger partial charge on any atom is 0.126 e. The van der Waals surface area contributed by atoms with Crippen LogP contribution in [0.4, 0.5) is 5.82 Å². The Morgan fingerprint density at radius 3 is 3.12 bits per heavy atom. The van der Waals surface area contributed by atoms with Gasteiger partial charge in [-0.3, -0.25) is 4.90 Å². The van der Waals surface area contributed by atoms with Gasteiger partial charge in [0.1, 0.15) is 5.82 Å². The lowest BCUT2D eigenvalue weighted by atomic mass is 10.3. The molecule has 1 aromatic heterocycles. The lowest BCUT2D eigenvalue weighted by molar-refractivity contribution is 0.174. The van der Waals surface area contributed by atoms with E-state index in [1.807, 2.05) is 18.2 Å². The highest BCUT2D eigenvalue weighted by molar-refractivity contribution is 5.34. The first-order valence-corrected chi connectivity index (χ1v) is 5.88. The molecule has 1 atom stereocenters. The maximum absolute atomic E-state index is 9.44. The van der Waals surface area contributed by atoms with Crippen LogP contribution in [0, 0.1) is 0 Å². The molecule has 1 aromatic rings. The summed E-state index contributed by atoms with van der Waals surface area (Å²) < 4.78 is 0. The summed E-state index contributed by atoms with van der Waals surface area (Å²) in [6, 6.07) is 6.03. The van der Waals surface area contributed by atoms with Crippen LogP contribution in [0.5, 0.6) is 0 Å². The standard InChI is InChI=1S/C12H19N3O/c1-2-13-12-5-3-4-10(14-12)8-15-7-6-11(16)9-15/h3-5,11,16H,2,6-9H2,1H3,(H,13,14). The van der Waals surface area contributed by atoms with Crippen LogP contribution < -0.4 is 5.32 Å². The first-order valence-electron chi connectivity index (χ1n) is 5.88. The molecule has 16 heavy (non-hydrogen) atoms. The van der Waals surface area contributed by atoms with Gasteiger partial charge in [0.2, 0.25) is 0 Å². The van der Waals surface area contributed by atoms with Crippen molar-refractivity contribution < 1.29 is 5.11 Å². The fourth-order valence-electron chi connectivity index (χ4n) is 2.03. The summed E-state index contributed by atoms with van der Waals surface area (Å²) in [6.07, 6.45) is 0.726. The minimum Gasteiger partial charge on any atom is -0.392 e. The Morgan fingerprint density at radius 1 is 1.56 bits per heavy atom. The fraction of sp³-hybridized carbons (Fsp3) is 0.583. The second-order valence-corrected chi connectivity index (χ2v) is 4.22. The smallest absolute Gasteiger partial charge is 0.126 e. The average Bonchev–Trinajstić information content (AvgIpc) is 2.65. The molecule has 0 saturated carbocycles. The van der Waals surface area contributed by atoms with Crippen molar-refractivity contribution in [2.24, 2.45) is 0 Å². The summed E-state index contributed by atoms with van der Waals surface area (Å²) in [4.78, 5) is 6.76. The summed E-state index contributed by atoms with van der Waals surface area (Å²) in [7, 11) is 0. The SMILES string of the molecule is CCNc1cccc(CN2CCC(O)C2)n1. The Kier molecular flexibility index (Phi) is 3.74. The van der Waals surface area contributed by atoms with Gasteiger partial charge in [-0.25, -0.2) is 4.98 Å². The molecule has 4 nitrogen and oxygen atoms in total. The zero-order chi connectivity index (χ0) is 11.4. The number of aliphatic hydroxyl groups excluding tert-OH is 1. The lowest BCUT2D eigenvalue weighted by Gasteiger charge is -2.14. The topological polar surface area (TPSA) is 48.4 Å². The molecule has 1 fully saturated rings. The number of hydrogen-bond donors (Lipinski definition) is 2. The molecule has 1 aliphatic rings. The molecule has 0 aromatic carbocycles. The van der Waals surface area contributed by atoms with Gasteiger partial charge in [-0.2, -0.15) is 0 Å². The predicted molar refractivity (Wildman–Crippen MR) is 64.3 cm³/mol. The summed E-state index contributed by atoms with van der Waals surface area (Å²) >= 11 is 0. The Bertz CT molecular complexity index is 343. The van der Waals surface area contributed by atoms with E-state index in [0.717, 1.165) is 44.1 Å². The van der Waals surface area contributed by atoms with E-state index in [1.54, 1.807) is 0 Å². The van der Waals surface area contributed by atoms with E-state index in [-0.39, 0.29) is 6.10 Å². The second kappa shape index (κ2) is 5.27. The summed E-state index contributed by atoms with van der Waals surface area (Å²) in [6.45, 7) is 5.52. The van der Waals surface area contributed by atoms with E-state index in [4.69, 9.17) is 0 Å². The molecule has 0 amide bonds. The van der Waals surface area contributed by atoms with Gasteiger partial charge in [0, 0.05) is 26.2 Å². The minimum atomic E-state index is -0.156. The molecule has 1 aliphatic heterocycles. The van der Waals surface area contributed by atoms with Crippen LogP contribution in [0.2, 0.25) is 0 Å². The number of rotatable bonds is 4. The maximum atomic E-state index is 9.44. The van der Waals surface area contributed by atoms with Crippen molar-refractivity contribution in [3.63, 3.8) is 0 Å². The van der Waals surface area contributed by atoms with Crippen LogP contribution >= 0.6 is 0 Å². The van der Waals surface area contributed by atoms with Gasteiger partial charge in [-0.1, -0.05) is 6.07 Å². The molecule has 0 bridgehead atoms. The van der Waals surface area contributed by atoms with Gasteiger partial charge in [0.05, 0.1) is 11.8 Å². The van der Waals surface area contributed by atoms with E-state index in [9.17, 15) is 5.11 Å². The van der Waals surface area contributed by atoms with Crippen molar-refractivity contribution in [2.75, 3.05) is 25.0 Å². The summed E-state index contributed by atoms with van der Waals surface area (Å²) in [5, 5.41) is 12.6. The monoisotopic (exact) mass is 221 g/mol. The van der Waals surface area contributed by atoms with Crippen molar-refractivity contribution in [3.05, 3.63) is 23.9 Å². The number of anilines is 1. The zero-order valence-corrected chi connectivity index (χ0v) is 9.69. The number of pyridine rings is 1. The molecule has 0 radical (unpaired) electrons. The third kappa shape index (κ3) is 2.93. The van der Waals surface area contributed by atoms with E-state index >= 15 is 0 Å². The number of β-amino-alcohol motifs (C(OH)–C–C–N with tert-alkyl or cyclic N) is 1. The molecule has 88 valence electrons. The quantitative estimate of drug-likeness (QED) is 0.799. The van der Waals surface area contributed by atoms with Gasteiger partial charge in [-0.05, 0) is 25.5 Å². The average molecular weight is 221 g/mol. The fourth-order valence-corrected chi connectivity index (χ4v) is 2.03. The van der Waals surface area contributed by atoms with Gasteiger partial charge in [0.15, 0.2) is 0 Å². The van der Waals surface area contributed by atoms with Crippen molar-refractivity contribution in [3.8, 4) is 0 Å². The number of likely N-dealkylation sites (tertiary alicyclic amines) is 1. The summed E-state index contributed by atoms with van der Waals surface area (Å²) in [5.74, 6) is 0.930. The molecular formula is C12H19N3O. The zero-order valence-electron chi connectivity index (χ0n) is 9.69. The molecule has 0 spiro atoms. The Labute approximate surface area is 96.3 Å². The van der Waals surface area contributed by atoms with Crippen LogP contribution in [0.3, 0.4) is 0 Å². The van der Waals surface area contributed by atoms with Crippen molar-refractivity contribution in [2.45, 2.75) is 26.0 Å². The van der Waals surface area contributed by atoms with Crippen molar-refractivity contribution in [1.82, 2.24) is 9.88 Å². The third-order valence-corrected chi connectivity index (χ3v) is 2.80. The van der Waals surface area contributed by atoms with Crippen LogP contribution in [0.1, 0.15) is 19.0 Å². The first kappa shape index (κ1) is 11.4. The lowest BCUT2D eigenvalue weighted by Crippen LogP contribution is -2.22. The number of aromatic nitrogens is 1. The largest absolute Gasteiger partial charge is 0.392 e.